The van der Waals surface area contributed by atoms with Crippen LogP contribution in [0.2, 0.25) is 0 Å². The minimum atomic E-state index is -0.485. The minimum Gasteiger partial charge on any atom is -0.444 e. The van der Waals surface area contributed by atoms with Crippen LogP contribution in [-0.4, -0.2) is 162 Å². The van der Waals surface area contributed by atoms with Gasteiger partial charge in [0.25, 0.3) is 0 Å². The lowest BCUT2D eigenvalue weighted by atomic mass is 10.0. The van der Waals surface area contributed by atoms with Crippen LogP contribution in [0.3, 0.4) is 0 Å². The summed E-state index contributed by atoms with van der Waals surface area (Å²) in [4.78, 5) is 36.7. The molecule has 4 aliphatic rings. The number of piperazine rings is 2. The third-order valence-corrected chi connectivity index (χ3v) is 10.6. The smallest absolute Gasteiger partial charge is 0.410 e. The van der Waals surface area contributed by atoms with Gasteiger partial charge in [-0.1, -0.05) is 30.3 Å². The van der Waals surface area contributed by atoms with Crippen LogP contribution in [0.25, 0.3) is 0 Å². The van der Waals surface area contributed by atoms with E-state index in [9.17, 15) is 9.59 Å². The first kappa shape index (κ1) is 43.3. The van der Waals surface area contributed by atoms with Gasteiger partial charge in [-0.2, -0.15) is 0 Å². The van der Waals surface area contributed by atoms with E-state index in [1.54, 1.807) is 0 Å². The first-order chi connectivity index (χ1) is 24.8. The molecule has 4 heterocycles. The molecule has 302 valence electrons. The first-order valence-electron chi connectivity index (χ1n) is 20.0. The fraction of sp³-hybridized carbons (Fsp3) is 0.805. The zero-order chi connectivity index (χ0) is 39.1. The summed E-state index contributed by atoms with van der Waals surface area (Å²) in [6.45, 7) is 33.4. The van der Waals surface area contributed by atoms with E-state index in [2.05, 4.69) is 91.9 Å². The number of benzene rings is 1. The van der Waals surface area contributed by atoms with E-state index in [-0.39, 0.29) is 36.4 Å². The van der Waals surface area contributed by atoms with E-state index in [0.717, 1.165) is 59.2 Å². The zero-order valence-corrected chi connectivity index (χ0v) is 35.0. The Morgan fingerprint density at radius 3 is 1.62 bits per heavy atom. The summed E-state index contributed by atoms with van der Waals surface area (Å²) in [5, 5.41) is 3.57. The molecule has 4 fully saturated rings. The van der Waals surface area contributed by atoms with Crippen LogP contribution in [0.4, 0.5) is 9.59 Å². The van der Waals surface area contributed by atoms with Crippen LogP contribution in [0.1, 0.15) is 88.6 Å². The lowest BCUT2D eigenvalue weighted by molar-refractivity contribution is -0.0637. The van der Waals surface area contributed by atoms with Crippen LogP contribution in [0, 0.1) is 0 Å². The van der Waals surface area contributed by atoms with Crippen molar-refractivity contribution >= 4 is 12.2 Å². The van der Waals surface area contributed by atoms with Gasteiger partial charge in [-0.3, -0.25) is 14.7 Å². The molecule has 5 rings (SSSR count). The Labute approximate surface area is 320 Å². The number of carbonyl (C=O) groups excluding carboxylic acids is 2. The third-order valence-electron chi connectivity index (χ3n) is 10.6. The van der Waals surface area contributed by atoms with Crippen LogP contribution in [0.5, 0.6) is 0 Å². The van der Waals surface area contributed by atoms with Crippen molar-refractivity contribution in [2.45, 2.75) is 149 Å². The van der Waals surface area contributed by atoms with Crippen molar-refractivity contribution in [3.8, 4) is 0 Å². The minimum absolute atomic E-state index is 0.111. The summed E-state index contributed by atoms with van der Waals surface area (Å²) >= 11 is 0. The van der Waals surface area contributed by atoms with Gasteiger partial charge < -0.3 is 34.1 Å². The molecule has 4 aliphatic heterocycles. The standard InChI is InChI=1S/C24H39N3O3.C17H33N3O3/c1-18-12-25(13-21-10-8-7-9-11-21)22(14-26-19(2)16-29-17-20(26)3)15-27(18)23(28)30-24(4,5)6;1-12-7-18-15(8-19-13(2)10-22-11-14(19)3)9-20(12)16(21)23-17(4,5)6/h7-11,18-20,22H,12-17H2,1-6H3;12-15,18H,7-11H2,1-6H3/t18-,19-,20-,22+;12-,13-,14-,15+/m11/s1. The van der Waals surface area contributed by atoms with Crippen molar-refractivity contribution in [1.29, 1.82) is 0 Å². The van der Waals surface area contributed by atoms with Gasteiger partial charge in [-0.05, 0) is 88.6 Å². The molecular formula is C41H72N6O6. The molecule has 1 aromatic carbocycles. The quantitative estimate of drug-likeness (QED) is 0.414. The van der Waals surface area contributed by atoms with E-state index in [1.807, 2.05) is 51.3 Å². The SMILES string of the molecule is C[C@@H]1CN(Cc2ccccc2)[C@@H](CN2[C@H](C)COC[C@H]2C)CN1C(=O)OC(C)(C)C.C[C@@H]1CN[C@@H](CN2[C@H](C)COC[C@H]2C)CN1C(=O)OC(C)(C)C. The summed E-state index contributed by atoms with van der Waals surface area (Å²) in [6.07, 6.45) is -0.415. The third kappa shape index (κ3) is 13.1. The Balaban J connectivity index is 0.000000245. The highest BCUT2D eigenvalue weighted by molar-refractivity contribution is 5.69. The van der Waals surface area contributed by atoms with Crippen molar-refractivity contribution in [3.05, 3.63) is 35.9 Å². The topological polar surface area (TPSA) is 99.3 Å². The Morgan fingerprint density at radius 2 is 1.13 bits per heavy atom. The Kier molecular flexibility index (Phi) is 15.4. The number of ether oxygens (including phenoxy) is 4. The van der Waals surface area contributed by atoms with Crippen molar-refractivity contribution in [1.82, 2.24) is 29.8 Å². The van der Waals surface area contributed by atoms with Gasteiger partial charge >= 0.3 is 12.2 Å². The molecule has 0 unspecified atom stereocenters. The molecule has 4 saturated heterocycles. The van der Waals surface area contributed by atoms with Crippen LogP contribution in [0.15, 0.2) is 30.3 Å². The van der Waals surface area contributed by atoms with E-state index in [0.29, 0.717) is 37.3 Å². The normalized spacial score (nSPS) is 31.0. The number of hydrogen-bond donors (Lipinski definition) is 1. The highest BCUT2D eigenvalue weighted by Crippen LogP contribution is 2.24. The maximum Gasteiger partial charge on any atom is 0.410 e. The predicted octanol–water partition coefficient (Wildman–Crippen LogP) is 5.30. The molecule has 1 N–H and O–H groups in total. The largest absolute Gasteiger partial charge is 0.444 e. The summed E-state index contributed by atoms with van der Waals surface area (Å²) in [7, 11) is 0. The highest BCUT2D eigenvalue weighted by Gasteiger charge is 2.39. The number of hydrogen-bond acceptors (Lipinski definition) is 10. The van der Waals surface area contributed by atoms with Gasteiger partial charge in [0.05, 0.1) is 26.4 Å². The molecule has 0 saturated carbocycles. The second kappa shape index (κ2) is 18.9. The lowest BCUT2D eigenvalue weighted by Gasteiger charge is -2.49. The van der Waals surface area contributed by atoms with Gasteiger partial charge in [0.2, 0.25) is 0 Å². The van der Waals surface area contributed by atoms with Crippen molar-refractivity contribution in [2.75, 3.05) is 65.7 Å². The summed E-state index contributed by atoms with van der Waals surface area (Å²) in [6, 6.07) is 13.0. The average molecular weight is 745 g/mol. The van der Waals surface area contributed by atoms with Gasteiger partial charge in [0.1, 0.15) is 11.2 Å². The molecule has 12 nitrogen and oxygen atoms in total. The summed E-state index contributed by atoms with van der Waals surface area (Å²) in [5.74, 6) is 0. The monoisotopic (exact) mass is 745 g/mol. The zero-order valence-electron chi connectivity index (χ0n) is 35.0. The van der Waals surface area contributed by atoms with Gasteiger partial charge in [0, 0.05) is 94.1 Å². The Morgan fingerprint density at radius 1 is 0.660 bits per heavy atom. The van der Waals surface area contributed by atoms with Crippen LogP contribution < -0.4 is 5.32 Å². The second-order valence-electron chi connectivity index (χ2n) is 18.0. The predicted molar refractivity (Wildman–Crippen MR) is 210 cm³/mol. The fourth-order valence-corrected chi connectivity index (χ4v) is 7.78. The molecule has 12 heteroatoms. The van der Waals surface area contributed by atoms with Gasteiger partial charge in [-0.15, -0.1) is 0 Å². The molecule has 2 amide bonds. The molecule has 0 bridgehead atoms. The van der Waals surface area contributed by atoms with Crippen LogP contribution >= 0.6 is 0 Å². The van der Waals surface area contributed by atoms with Crippen molar-refractivity contribution in [3.63, 3.8) is 0 Å². The summed E-state index contributed by atoms with van der Waals surface area (Å²) < 4.78 is 22.6. The van der Waals surface area contributed by atoms with E-state index in [4.69, 9.17) is 18.9 Å². The fourth-order valence-electron chi connectivity index (χ4n) is 7.78. The maximum absolute atomic E-state index is 12.9. The first-order valence-corrected chi connectivity index (χ1v) is 20.0. The molecule has 53 heavy (non-hydrogen) atoms. The number of nitrogens with zero attached hydrogens (tertiary/aromatic N) is 5. The average Bonchev–Trinajstić information content (AvgIpc) is 3.05. The number of carbonyl (C=O) groups is 2. The van der Waals surface area contributed by atoms with E-state index < -0.39 is 11.2 Å². The molecule has 8 atom stereocenters. The van der Waals surface area contributed by atoms with Gasteiger partial charge in [-0.25, -0.2) is 9.59 Å². The second-order valence-corrected chi connectivity index (χ2v) is 18.0. The maximum atomic E-state index is 12.9. The molecular weight excluding hydrogens is 672 g/mol. The van der Waals surface area contributed by atoms with Crippen molar-refractivity contribution in [2.24, 2.45) is 0 Å². The summed E-state index contributed by atoms with van der Waals surface area (Å²) in [5.41, 5.74) is 0.369. The van der Waals surface area contributed by atoms with Gasteiger partial charge in [0.15, 0.2) is 0 Å². The number of amides is 2. The number of rotatable bonds is 6. The van der Waals surface area contributed by atoms with E-state index >= 15 is 0 Å². The number of morpholine rings is 2. The molecule has 0 spiro atoms. The molecule has 0 radical (unpaired) electrons. The van der Waals surface area contributed by atoms with E-state index in [1.165, 1.54) is 5.56 Å². The van der Waals surface area contributed by atoms with Crippen molar-refractivity contribution < 1.29 is 28.5 Å². The highest BCUT2D eigenvalue weighted by atomic mass is 16.6. The molecule has 0 aromatic heterocycles. The Bertz CT molecular complexity index is 1270. The molecule has 0 aliphatic carbocycles. The number of nitrogens with one attached hydrogen (secondary N) is 1. The Hall–Kier alpha value is -2.48. The van der Waals surface area contributed by atoms with Crippen LogP contribution in [-0.2, 0) is 25.5 Å². The molecule has 1 aromatic rings. The lowest BCUT2D eigenvalue weighted by Crippen LogP contribution is -2.63.